The van der Waals surface area contributed by atoms with Crippen molar-refractivity contribution in [3.63, 3.8) is 0 Å². The number of rotatable bonds is 5. The van der Waals surface area contributed by atoms with Crippen molar-refractivity contribution in [1.82, 2.24) is 15.1 Å². The summed E-state index contributed by atoms with van der Waals surface area (Å²) in [5, 5.41) is 2.96. The number of piperidine rings is 1. The molecule has 1 N–H and O–H groups in total. The molecule has 0 saturated carbocycles. The minimum atomic E-state index is -0.716. The number of carbonyl (C=O) groups is 3. The van der Waals surface area contributed by atoms with Crippen molar-refractivity contribution >= 4 is 23.4 Å². The molecule has 3 amide bonds. The van der Waals surface area contributed by atoms with Gasteiger partial charge in [0.15, 0.2) is 0 Å². The zero-order valence-corrected chi connectivity index (χ0v) is 19.5. The number of hydrogen-bond acceptors (Lipinski definition) is 4. The third-order valence-corrected chi connectivity index (χ3v) is 6.46. The molecule has 2 aliphatic rings. The van der Waals surface area contributed by atoms with Crippen LogP contribution in [0.15, 0.2) is 30.3 Å². The first-order chi connectivity index (χ1) is 14.6. The lowest BCUT2D eigenvalue weighted by molar-refractivity contribution is -0.144. The lowest BCUT2D eigenvalue weighted by atomic mass is 9.84. The van der Waals surface area contributed by atoms with Gasteiger partial charge < -0.3 is 20.0 Å². The molecular formula is C24H36N4O3. The Kier molecular flexibility index (Phi) is 6.62. The van der Waals surface area contributed by atoms with Gasteiger partial charge in [0.2, 0.25) is 11.8 Å². The van der Waals surface area contributed by atoms with Gasteiger partial charge >= 0.3 is 0 Å². The van der Waals surface area contributed by atoms with Crippen molar-refractivity contribution in [3.8, 4) is 0 Å². The van der Waals surface area contributed by atoms with Crippen molar-refractivity contribution < 1.29 is 14.4 Å². The van der Waals surface area contributed by atoms with Crippen LogP contribution in [-0.2, 0) is 14.4 Å². The van der Waals surface area contributed by atoms with E-state index >= 15 is 0 Å². The van der Waals surface area contributed by atoms with E-state index < -0.39 is 11.0 Å². The Bertz CT molecular complexity index is 810. The number of nitrogens with zero attached hydrogens (tertiary/aromatic N) is 3. The van der Waals surface area contributed by atoms with Crippen molar-refractivity contribution in [2.45, 2.75) is 65.5 Å². The lowest BCUT2D eigenvalue weighted by Crippen LogP contribution is -2.58. The summed E-state index contributed by atoms with van der Waals surface area (Å²) in [4.78, 5) is 44.6. The Hall–Kier alpha value is -2.57. The van der Waals surface area contributed by atoms with Gasteiger partial charge in [-0.3, -0.25) is 14.4 Å². The van der Waals surface area contributed by atoms with Gasteiger partial charge in [0.1, 0.15) is 12.1 Å². The average molecular weight is 429 g/mol. The Labute approximate surface area is 185 Å². The summed E-state index contributed by atoms with van der Waals surface area (Å²) in [6, 6.07) is 9.97. The molecule has 0 bridgehead atoms. The van der Waals surface area contributed by atoms with Gasteiger partial charge in [-0.15, -0.1) is 0 Å². The van der Waals surface area contributed by atoms with Crippen molar-refractivity contribution in [2.24, 2.45) is 5.41 Å². The zero-order chi connectivity index (χ0) is 22.8. The fourth-order valence-corrected chi connectivity index (χ4v) is 4.47. The van der Waals surface area contributed by atoms with E-state index in [0.717, 1.165) is 12.1 Å². The average Bonchev–Trinajstić information content (AvgIpc) is 2.99. The maximum absolute atomic E-state index is 13.6. The normalized spacial score (nSPS) is 19.6. The minimum absolute atomic E-state index is 0.0153. The Morgan fingerprint density at radius 3 is 2.29 bits per heavy atom. The van der Waals surface area contributed by atoms with Gasteiger partial charge in [-0.1, -0.05) is 45.9 Å². The number of hydrogen-bond donors (Lipinski definition) is 1. The highest BCUT2D eigenvalue weighted by molar-refractivity contribution is 5.96. The Morgan fingerprint density at radius 2 is 1.74 bits per heavy atom. The fraction of sp³-hybridized carbons (Fsp3) is 0.625. The van der Waals surface area contributed by atoms with E-state index in [9.17, 15) is 14.4 Å². The second kappa shape index (κ2) is 8.89. The number of para-hydroxylation sites is 1. The summed E-state index contributed by atoms with van der Waals surface area (Å²) in [5.41, 5.74) is -0.188. The predicted octanol–water partition coefficient (Wildman–Crippen LogP) is 2.61. The van der Waals surface area contributed by atoms with E-state index in [1.807, 2.05) is 69.9 Å². The van der Waals surface area contributed by atoms with E-state index in [1.165, 1.54) is 0 Å². The standard InChI is InChI=1S/C24H36N4O3/c1-6-18(2)25-20(29)16-27-17-28(19-10-8-7-9-11-19)24(22(27)31)12-14-26(15-13-24)21(30)23(3,4)5/h7-11,18H,6,12-17H2,1-5H3,(H,25,29)/t18-/m1/s1. The molecule has 0 unspecified atom stereocenters. The van der Waals surface area contributed by atoms with Crippen LogP contribution in [0.1, 0.15) is 53.9 Å². The highest BCUT2D eigenvalue weighted by atomic mass is 16.2. The molecule has 0 radical (unpaired) electrons. The van der Waals surface area contributed by atoms with E-state index in [4.69, 9.17) is 0 Å². The molecule has 3 rings (SSSR count). The minimum Gasteiger partial charge on any atom is -0.352 e. The third-order valence-electron chi connectivity index (χ3n) is 6.46. The van der Waals surface area contributed by atoms with Gasteiger partial charge in [-0.2, -0.15) is 0 Å². The van der Waals surface area contributed by atoms with Crippen LogP contribution < -0.4 is 10.2 Å². The van der Waals surface area contributed by atoms with Crippen LogP contribution in [0.5, 0.6) is 0 Å². The lowest BCUT2D eigenvalue weighted by Gasteiger charge is -2.44. The summed E-state index contributed by atoms with van der Waals surface area (Å²) < 4.78 is 0. The molecule has 7 heteroatoms. The van der Waals surface area contributed by atoms with Gasteiger partial charge in [-0.25, -0.2) is 0 Å². The quantitative estimate of drug-likeness (QED) is 0.783. The molecule has 2 aliphatic heterocycles. The highest BCUT2D eigenvalue weighted by Crippen LogP contribution is 2.40. The fourth-order valence-electron chi connectivity index (χ4n) is 4.47. The molecule has 7 nitrogen and oxygen atoms in total. The number of anilines is 1. The molecule has 2 saturated heterocycles. The van der Waals surface area contributed by atoms with Crippen molar-refractivity contribution in [3.05, 3.63) is 30.3 Å². The summed E-state index contributed by atoms with van der Waals surface area (Å²) in [6.45, 7) is 11.3. The maximum Gasteiger partial charge on any atom is 0.250 e. The van der Waals surface area contributed by atoms with E-state index in [0.29, 0.717) is 32.6 Å². The third kappa shape index (κ3) is 4.70. The monoisotopic (exact) mass is 428 g/mol. The van der Waals surface area contributed by atoms with Crippen LogP contribution in [0.25, 0.3) is 0 Å². The largest absolute Gasteiger partial charge is 0.352 e. The number of carbonyl (C=O) groups excluding carboxylic acids is 3. The topological polar surface area (TPSA) is 73.0 Å². The highest BCUT2D eigenvalue weighted by Gasteiger charge is 2.54. The molecule has 0 aromatic heterocycles. The molecule has 0 aliphatic carbocycles. The van der Waals surface area contributed by atoms with Gasteiger partial charge in [0, 0.05) is 30.2 Å². The summed E-state index contributed by atoms with van der Waals surface area (Å²) >= 11 is 0. The van der Waals surface area contributed by atoms with Gasteiger partial charge in [-0.05, 0) is 38.3 Å². The number of amides is 3. The zero-order valence-electron chi connectivity index (χ0n) is 19.5. The van der Waals surface area contributed by atoms with Crippen molar-refractivity contribution in [1.29, 1.82) is 0 Å². The Morgan fingerprint density at radius 1 is 1.13 bits per heavy atom. The van der Waals surface area contributed by atoms with Crippen LogP contribution in [0.2, 0.25) is 0 Å². The van der Waals surface area contributed by atoms with Gasteiger partial charge in [0.05, 0.1) is 6.67 Å². The first-order valence-corrected chi connectivity index (χ1v) is 11.3. The molecule has 1 aromatic rings. The molecule has 1 aromatic carbocycles. The second-order valence-corrected chi connectivity index (χ2v) is 9.86. The maximum atomic E-state index is 13.6. The van der Waals surface area contributed by atoms with E-state index in [-0.39, 0.29) is 30.3 Å². The molecule has 1 atom stereocenters. The molecule has 1 spiro atoms. The first-order valence-electron chi connectivity index (χ1n) is 11.3. The summed E-state index contributed by atoms with van der Waals surface area (Å²) in [7, 11) is 0. The SMILES string of the molecule is CC[C@@H](C)NC(=O)CN1CN(c2ccccc2)C2(CCN(C(=O)C(C)(C)C)CC2)C1=O. The van der Waals surface area contributed by atoms with E-state index in [1.54, 1.807) is 4.90 Å². The van der Waals surface area contributed by atoms with Gasteiger partial charge in [0.25, 0.3) is 5.91 Å². The van der Waals surface area contributed by atoms with Crippen LogP contribution in [0.3, 0.4) is 0 Å². The smallest absolute Gasteiger partial charge is 0.250 e. The first kappa shape index (κ1) is 23.1. The number of nitrogens with one attached hydrogen (secondary N) is 1. The van der Waals surface area contributed by atoms with Crippen LogP contribution in [0.4, 0.5) is 5.69 Å². The number of likely N-dealkylation sites (tertiary alicyclic amines) is 1. The molecule has 2 heterocycles. The molecule has 31 heavy (non-hydrogen) atoms. The summed E-state index contributed by atoms with van der Waals surface area (Å²) in [6.07, 6.45) is 1.97. The molecular weight excluding hydrogens is 392 g/mol. The van der Waals surface area contributed by atoms with Crippen LogP contribution in [-0.4, -0.2) is 65.4 Å². The number of benzene rings is 1. The van der Waals surface area contributed by atoms with Crippen LogP contribution in [0, 0.1) is 5.41 Å². The van der Waals surface area contributed by atoms with E-state index in [2.05, 4.69) is 10.2 Å². The predicted molar refractivity (Wildman–Crippen MR) is 121 cm³/mol. The van der Waals surface area contributed by atoms with Crippen molar-refractivity contribution in [2.75, 3.05) is 31.2 Å². The molecule has 2 fully saturated rings. The second-order valence-electron chi connectivity index (χ2n) is 9.86. The Balaban J connectivity index is 1.82. The van der Waals surface area contributed by atoms with Crippen LogP contribution >= 0.6 is 0 Å². The molecule has 170 valence electrons. The summed E-state index contributed by atoms with van der Waals surface area (Å²) in [5.74, 6) is -0.0320.